The number of nitrogens with zero attached hydrogens (tertiary/aromatic N) is 1. The minimum Gasteiger partial charge on any atom is -0.486 e. The van der Waals surface area contributed by atoms with Crippen LogP contribution in [0.4, 0.5) is 0 Å². The first kappa shape index (κ1) is 17.9. The molecule has 3 aromatic carbocycles. The van der Waals surface area contributed by atoms with Crippen molar-refractivity contribution < 1.29 is 19.0 Å². The monoisotopic (exact) mass is 389 g/mol. The molecular formula is C24H23NO4. The third-order valence-corrected chi connectivity index (χ3v) is 5.61. The third kappa shape index (κ3) is 3.60. The average molecular weight is 389 g/mol. The van der Waals surface area contributed by atoms with Gasteiger partial charge in [0.05, 0.1) is 6.04 Å². The second-order valence-electron chi connectivity index (χ2n) is 7.45. The van der Waals surface area contributed by atoms with Crippen LogP contribution in [-0.4, -0.2) is 37.2 Å². The molecule has 0 bridgehead atoms. The van der Waals surface area contributed by atoms with Gasteiger partial charge in [-0.15, -0.1) is 0 Å². The molecule has 0 spiro atoms. The third-order valence-electron chi connectivity index (χ3n) is 5.61. The fourth-order valence-corrected chi connectivity index (χ4v) is 4.16. The van der Waals surface area contributed by atoms with Crippen molar-refractivity contribution >= 4 is 16.7 Å². The van der Waals surface area contributed by atoms with E-state index in [2.05, 4.69) is 6.07 Å². The van der Waals surface area contributed by atoms with Crippen LogP contribution < -0.4 is 14.2 Å². The Morgan fingerprint density at radius 3 is 2.69 bits per heavy atom. The molecule has 2 aliphatic rings. The van der Waals surface area contributed by atoms with Gasteiger partial charge in [0.15, 0.2) is 18.1 Å². The molecule has 5 heteroatoms. The summed E-state index contributed by atoms with van der Waals surface area (Å²) in [6, 6.07) is 20.1. The van der Waals surface area contributed by atoms with Gasteiger partial charge in [0, 0.05) is 6.54 Å². The van der Waals surface area contributed by atoms with Crippen molar-refractivity contribution in [3.63, 3.8) is 0 Å². The van der Waals surface area contributed by atoms with Gasteiger partial charge in [0.1, 0.15) is 19.0 Å². The Hall–Kier alpha value is -3.21. The molecule has 29 heavy (non-hydrogen) atoms. The fraction of sp³-hybridized carbons (Fsp3) is 0.292. The zero-order chi connectivity index (χ0) is 19.6. The van der Waals surface area contributed by atoms with Crippen LogP contribution in [0.1, 0.15) is 24.4 Å². The average Bonchev–Trinajstić information content (AvgIpc) is 3.27. The molecule has 3 aromatic rings. The van der Waals surface area contributed by atoms with E-state index in [1.807, 2.05) is 59.5 Å². The molecule has 0 saturated carbocycles. The molecule has 148 valence electrons. The fourth-order valence-electron chi connectivity index (χ4n) is 4.16. The van der Waals surface area contributed by atoms with E-state index in [1.165, 1.54) is 0 Å². The van der Waals surface area contributed by atoms with Crippen LogP contribution in [0.3, 0.4) is 0 Å². The number of carbonyl (C=O) groups excluding carboxylic acids is 1. The molecule has 1 fully saturated rings. The molecule has 2 heterocycles. The second kappa shape index (κ2) is 7.66. The molecule has 0 aromatic heterocycles. The predicted octanol–water partition coefficient (Wildman–Crippen LogP) is 4.35. The van der Waals surface area contributed by atoms with E-state index >= 15 is 0 Å². The first-order chi connectivity index (χ1) is 14.3. The number of likely N-dealkylation sites (tertiary alicyclic amines) is 1. The number of benzene rings is 3. The number of hydrogen-bond acceptors (Lipinski definition) is 4. The van der Waals surface area contributed by atoms with Crippen LogP contribution in [0, 0.1) is 0 Å². The maximum absolute atomic E-state index is 12.9. The van der Waals surface area contributed by atoms with Crippen LogP contribution in [0.5, 0.6) is 17.2 Å². The van der Waals surface area contributed by atoms with Crippen molar-refractivity contribution in [2.24, 2.45) is 0 Å². The molecule has 1 unspecified atom stereocenters. The molecule has 1 saturated heterocycles. The SMILES string of the molecule is O=C(COc1ccc2ccccc2c1)N1CCCC1c1ccc2c(c1)OCCO2. The van der Waals surface area contributed by atoms with Crippen molar-refractivity contribution in [1.29, 1.82) is 0 Å². The number of rotatable bonds is 4. The minimum absolute atomic E-state index is 0.00977. The normalized spacial score (nSPS) is 18.1. The van der Waals surface area contributed by atoms with Gasteiger partial charge in [-0.1, -0.05) is 36.4 Å². The summed E-state index contributed by atoms with van der Waals surface area (Å²) in [4.78, 5) is 14.8. The molecule has 5 nitrogen and oxygen atoms in total. The van der Waals surface area contributed by atoms with Gasteiger partial charge in [-0.25, -0.2) is 0 Å². The summed E-state index contributed by atoms with van der Waals surface area (Å²) in [6.07, 6.45) is 1.93. The molecule has 1 atom stereocenters. The van der Waals surface area contributed by atoms with Crippen LogP contribution in [0.25, 0.3) is 10.8 Å². The van der Waals surface area contributed by atoms with Crippen molar-refractivity contribution in [1.82, 2.24) is 4.90 Å². The molecule has 0 aliphatic carbocycles. The summed E-state index contributed by atoms with van der Waals surface area (Å²) in [5.74, 6) is 2.26. The highest BCUT2D eigenvalue weighted by Crippen LogP contribution is 2.38. The van der Waals surface area contributed by atoms with E-state index in [0.717, 1.165) is 47.2 Å². The zero-order valence-electron chi connectivity index (χ0n) is 16.2. The summed E-state index contributed by atoms with van der Waals surface area (Å²) < 4.78 is 17.1. The molecule has 2 aliphatic heterocycles. The van der Waals surface area contributed by atoms with Gasteiger partial charge in [0.25, 0.3) is 5.91 Å². The summed E-state index contributed by atoms with van der Waals surface area (Å²) in [5.41, 5.74) is 1.09. The van der Waals surface area contributed by atoms with E-state index < -0.39 is 0 Å². The van der Waals surface area contributed by atoms with Crippen LogP contribution in [0.2, 0.25) is 0 Å². The van der Waals surface area contributed by atoms with Crippen molar-refractivity contribution in [3.8, 4) is 17.2 Å². The van der Waals surface area contributed by atoms with Crippen LogP contribution in [0.15, 0.2) is 60.7 Å². The first-order valence-electron chi connectivity index (χ1n) is 10.1. The summed E-state index contributed by atoms with van der Waals surface area (Å²) >= 11 is 0. The summed E-state index contributed by atoms with van der Waals surface area (Å²) in [5, 5.41) is 2.26. The van der Waals surface area contributed by atoms with Crippen LogP contribution >= 0.6 is 0 Å². The first-order valence-corrected chi connectivity index (χ1v) is 10.1. The smallest absolute Gasteiger partial charge is 0.261 e. The second-order valence-corrected chi connectivity index (χ2v) is 7.45. The molecule has 0 N–H and O–H groups in total. The largest absolute Gasteiger partial charge is 0.486 e. The van der Waals surface area contributed by atoms with Gasteiger partial charge in [-0.2, -0.15) is 0 Å². The standard InChI is InChI=1S/C24H23NO4/c26-24(16-29-20-9-7-17-4-1-2-5-18(17)14-20)25-11-3-6-21(25)19-8-10-22-23(15-19)28-13-12-27-22/h1-2,4-5,7-10,14-15,21H,3,6,11-13,16H2. The summed E-state index contributed by atoms with van der Waals surface area (Å²) in [7, 11) is 0. The highest BCUT2D eigenvalue weighted by atomic mass is 16.6. The Bertz CT molecular complexity index is 1050. The van der Waals surface area contributed by atoms with Crippen molar-refractivity contribution in [3.05, 3.63) is 66.2 Å². The van der Waals surface area contributed by atoms with Gasteiger partial charge < -0.3 is 19.1 Å². The van der Waals surface area contributed by atoms with Gasteiger partial charge in [-0.3, -0.25) is 4.79 Å². The maximum atomic E-state index is 12.9. The van der Waals surface area contributed by atoms with Crippen LogP contribution in [-0.2, 0) is 4.79 Å². The van der Waals surface area contributed by atoms with Crippen molar-refractivity contribution in [2.75, 3.05) is 26.4 Å². The van der Waals surface area contributed by atoms with Gasteiger partial charge in [0.2, 0.25) is 0 Å². The molecule has 1 amide bonds. The highest BCUT2D eigenvalue weighted by molar-refractivity contribution is 5.84. The maximum Gasteiger partial charge on any atom is 0.261 e. The van der Waals surface area contributed by atoms with E-state index in [0.29, 0.717) is 19.0 Å². The molecular weight excluding hydrogens is 366 g/mol. The number of ether oxygens (including phenoxy) is 3. The number of carbonyl (C=O) groups is 1. The van der Waals surface area contributed by atoms with E-state index in [-0.39, 0.29) is 18.6 Å². The Morgan fingerprint density at radius 2 is 1.79 bits per heavy atom. The van der Waals surface area contributed by atoms with E-state index in [9.17, 15) is 4.79 Å². The Kier molecular flexibility index (Phi) is 4.72. The molecule has 0 radical (unpaired) electrons. The lowest BCUT2D eigenvalue weighted by Gasteiger charge is -2.26. The van der Waals surface area contributed by atoms with Crippen molar-refractivity contribution in [2.45, 2.75) is 18.9 Å². The predicted molar refractivity (Wildman–Crippen MR) is 111 cm³/mol. The quantitative estimate of drug-likeness (QED) is 0.666. The lowest BCUT2D eigenvalue weighted by molar-refractivity contribution is -0.134. The zero-order valence-corrected chi connectivity index (χ0v) is 16.2. The minimum atomic E-state index is 0.00977. The molecule has 5 rings (SSSR count). The lowest BCUT2D eigenvalue weighted by atomic mass is 10.0. The van der Waals surface area contributed by atoms with Gasteiger partial charge in [-0.05, 0) is 53.4 Å². The Morgan fingerprint density at radius 1 is 0.966 bits per heavy atom. The lowest BCUT2D eigenvalue weighted by Crippen LogP contribution is -2.34. The van der Waals surface area contributed by atoms with E-state index in [1.54, 1.807) is 0 Å². The number of hydrogen-bond donors (Lipinski definition) is 0. The number of fused-ring (bicyclic) bond motifs is 2. The Labute approximate surface area is 169 Å². The topological polar surface area (TPSA) is 48.0 Å². The van der Waals surface area contributed by atoms with Gasteiger partial charge >= 0.3 is 0 Å². The number of amides is 1. The highest BCUT2D eigenvalue weighted by Gasteiger charge is 2.31. The summed E-state index contributed by atoms with van der Waals surface area (Å²) in [6.45, 7) is 1.92. The van der Waals surface area contributed by atoms with E-state index in [4.69, 9.17) is 14.2 Å². The Balaban J connectivity index is 1.28.